The lowest BCUT2D eigenvalue weighted by molar-refractivity contribution is 0.427. The topological polar surface area (TPSA) is 40.5 Å². The second kappa shape index (κ2) is 3.01. The Balaban J connectivity index is 2.88. The fourth-order valence-electron chi connectivity index (χ4n) is 0.617. The van der Waals surface area contributed by atoms with Crippen LogP contribution >= 0.6 is 11.3 Å². The summed E-state index contributed by atoms with van der Waals surface area (Å²) in [4.78, 5) is 0.947. The summed E-state index contributed by atoms with van der Waals surface area (Å²) in [6.45, 7) is 3.55. The first kappa shape index (κ1) is 7.53. The van der Waals surface area contributed by atoms with Crippen molar-refractivity contribution in [3.63, 3.8) is 0 Å². The third-order valence-corrected chi connectivity index (χ3v) is 2.22. The summed E-state index contributed by atoms with van der Waals surface area (Å²) in [6.07, 6.45) is 1.68. The molecule has 0 aliphatic rings. The van der Waals surface area contributed by atoms with Crippen molar-refractivity contribution < 1.29 is 10.0 Å². The molecule has 0 fully saturated rings. The molecule has 1 aromatic rings. The van der Waals surface area contributed by atoms with Crippen LogP contribution in [0.1, 0.15) is 4.88 Å². The molecule has 0 radical (unpaired) electrons. The van der Waals surface area contributed by atoms with Crippen LogP contribution in [0.15, 0.2) is 18.7 Å². The highest BCUT2D eigenvalue weighted by Crippen LogP contribution is 2.07. The van der Waals surface area contributed by atoms with Gasteiger partial charge in [-0.15, -0.1) is 11.3 Å². The van der Waals surface area contributed by atoms with E-state index >= 15 is 0 Å². The third-order valence-electron chi connectivity index (χ3n) is 1.10. The van der Waals surface area contributed by atoms with Gasteiger partial charge in [-0.3, -0.25) is 0 Å². The SMILES string of the molecule is C=Cc1ccc(B(O)O)s1. The van der Waals surface area contributed by atoms with E-state index in [1.54, 1.807) is 18.2 Å². The maximum absolute atomic E-state index is 8.66. The van der Waals surface area contributed by atoms with Gasteiger partial charge in [0, 0.05) is 9.65 Å². The fourth-order valence-corrected chi connectivity index (χ4v) is 1.35. The van der Waals surface area contributed by atoms with Crippen LogP contribution in [0.2, 0.25) is 0 Å². The molecule has 0 saturated heterocycles. The maximum Gasteiger partial charge on any atom is 0.499 e. The van der Waals surface area contributed by atoms with Gasteiger partial charge in [0.05, 0.1) is 0 Å². The lowest BCUT2D eigenvalue weighted by atomic mass is 9.90. The second-order valence-electron chi connectivity index (χ2n) is 1.82. The molecule has 52 valence electrons. The van der Waals surface area contributed by atoms with Gasteiger partial charge in [0.15, 0.2) is 0 Å². The average molecular weight is 154 g/mol. The van der Waals surface area contributed by atoms with Crippen LogP contribution < -0.4 is 4.78 Å². The van der Waals surface area contributed by atoms with Gasteiger partial charge in [-0.2, -0.15) is 0 Å². The van der Waals surface area contributed by atoms with E-state index in [1.807, 2.05) is 0 Å². The Bertz CT molecular complexity index is 231. The molecule has 0 saturated carbocycles. The van der Waals surface area contributed by atoms with Gasteiger partial charge in [-0.25, -0.2) is 0 Å². The van der Waals surface area contributed by atoms with Crippen LogP contribution in [0.5, 0.6) is 0 Å². The van der Waals surface area contributed by atoms with Crippen LogP contribution in [0, 0.1) is 0 Å². The van der Waals surface area contributed by atoms with Crippen molar-refractivity contribution in [2.24, 2.45) is 0 Å². The summed E-state index contributed by atoms with van der Waals surface area (Å²) in [5, 5.41) is 17.3. The first-order valence-electron chi connectivity index (χ1n) is 2.82. The largest absolute Gasteiger partial charge is 0.499 e. The molecule has 0 amide bonds. The lowest BCUT2D eigenvalue weighted by Crippen LogP contribution is -2.26. The minimum Gasteiger partial charge on any atom is -0.423 e. The van der Waals surface area contributed by atoms with Gasteiger partial charge in [-0.05, 0) is 6.07 Å². The smallest absolute Gasteiger partial charge is 0.423 e. The zero-order valence-corrected chi connectivity index (χ0v) is 6.14. The van der Waals surface area contributed by atoms with E-state index in [0.29, 0.717) is 4.78 Å². The molecular formula is C6H7BO2S. The van der Waals surface area contributed by atoms with Gasteiger partial charge in [0.1, 0.15) is 0 Å². The van der Waals surface area contributed by atoms with Crippen LogP contribution in [-0.2, 0) is 0 Å². The molecule has 10 heavy (non-hydrogen) atoms. The molecule has 0 unspecified atom stereocenters. The van der Waals surface area contributed by atoms with Crippen molar-refractivity contribution in [2.75, 3.05) is 0 Å². The van der Waals surface area contributed by atoms with Gasteiger partial charge in [0.25, 0.3) is 0 Å². The number of hydrogen-bond donors (Lipinski definition) is 2. The standard InChI is InChI=1S/C6H7BO2S/c1-2-5-3-4-6(10-5)7(8)9/h2-4,8-9H,1H2. The van der Waals surface area contributed by atoms with E-state index in [2.05, 4.69) is 6.58 Å². The number of rotatable bonds is 2. The van der Waals surface area contributed by atoms with Crippen molar-refractivity contribution in [3.8, 4) is 0 Å². The van der Waals surface area contributed by atoms with Crippen molar-refractivity contribution in [3.05, 3.63) is 23.6 Å². The zero-order valence-electron chi connectivity index (χ0n) is 5.32. The fraction of sp³-hybridized carbons (Fsp3) is 0. The third kappa shape index (κ3) is 1.47. The minimum absolute atomic E-state index is 0.551. The molecule has 0 atom stereocenters. The van der Waals surface area contributed by atoms with Crippen molar-refractivity contribution >= 4 is 29.3 Å². The van der Waals surface area contributed by atoms with Crippen LogP contribution in [0.25, 0.3) is 6.08 Å². The van der Waals surface area contributed by atoms with Crippen molar-refractivity contribution in [1.82, 2.24) is 0 Å². The summed E-state index contributed by atoms with van der Waals surface area (Å²) in [5.74, 6) is 0. The summed E-state index contributed by atoms with van der Waals surface area (Å²) in [6, 6.07) is 3.47. The second-order valence-corrected chi connectivity index (χ2v) is 2.96. The maximum atomic E-state index is 8.66. The Hall–Kier alpha value is -0.575. The molecule has 0 aromatic carbocycles. The van der Waals surface area contributed by atoms with Gasteiger partial charge < -0.3 is 10.0 Å². The molecular weight excluding hydrogens is 147 g/mol. The molecule has 1 aromatic heterocycles. The molecule has 1 heterocycles. The molecule has 1 rings (SSSR count). The van der Waals surface area contributed by atoms with E-state index in [1.165, 1.54) is 11.3 Å². The lowest BCUT2D eigenvalue weighted by Gasteiger charge is -1.88. The summed E-state index contributed by atoms with van der Waals surface area (Å²) < 4.78 is 0.551. The van der Waals surface area contributed by atoms with E-state index in [0.717, 1.165) is 4.88 Å². The average Bonchev–Trinajstić information content (AvgIpc) is 2.34. The minimum atomic E-state index is -1.35. The Labute approximate surface area is 63.6 Å². The Morgan fingerprint density at radius 3 is 2.50 bits per heavy atom. The normalized spacial score (nSPS) is 9.40. The predicted octanol–water partition coefficient (Wildman–Crippen LogP) is 0.0709. The quantitative estimate of drug-likeness (QED) is 0.591. The van der Waals surface area contributed by atoms with Crippen LogP contribution in [0.4, 0.5) is 0 Å². The molecule has 2 N–H and O–H groups in total. The van der Waals surface area contributed by atoms with Crippen molar-refractivity contribution in [2.45, 2.75) is 0 Å². The first-order chi connectivity index (χ1) is 4.74. The summed E-state index contributed by atoms with van der Waals surface area (Å²) >= 11 is 1.32. The Morgan fingerprint density at radius 1 is 1.50 bits per heavy atom. The van der Waals surface area contributed by atoms with E-state index < -0.39 is 7.12 Å². The van der Waals surface area contributed by atoms with E-state index in [9.17, 15) is 0 Å². The Morgan fingerprint density at radius 2 is 2.20 bits per heavy atom. The molecule has 2 nitrogen and oxygen atoms in total. The highest BCUT2D eigenvalue weighted by molar-refractivity contribution is 7.22. The van der Waals surface area contributed by atoms with Gasteiger partial charge in [-0.1, -0.05) is 18.7 Å². The zero-order chi connectivity index (χ0) is 7.56. The molecule has 0 spiro atoms. The highest BCUT2D eigenvalue weighted by Gasteiger charge is 2.12. The van der Waals surface area contributed by atoms with Crippen LogP contribution in [0.3, 0.4) is 0 Å². The molecule has 0 bridgehead atoms. The number of hydrogen-bond acceptors (Lipinski definition) is 3. The summed E-state index contributed by atoms with van der Waals surface area (Å²) in [7, 11) is -1.35. The number of thiophene rings is 1. The molecule has 0 aliphatic heterocycles. The highest BCUT2D eigenvalue weighted by atomic mass is 32.1. The molecule has 4 heteroatoms. The predicted molar refractivity (Wildman–Crippen MR) is 44.2 cm³/mol. The van der Waals surface area contributed by atoms with Crippen LogP contribution in [-0.4, -0.2) is 17.2 Å². The van der Waals surface area contributed by atoms with E-state index in [4.69, 9.17) is 10.0 Å². The first-order valence-corrected chi connectivity index (χ1v) is 3.64. The van der Waals surface area contributed by atoms with Gasteiger partial charge in [0.2, 0.25) is 0 Å². The van der Waals surface area contributed by atoms with E-state index in [-0.39, 0.29) is 0 Å². The monoisotopic (exact) mass is 154 g/mol. The molecule has 0 aliphatic carbocycles. The Kier molecular flexibility index (Phi) is 2.27. The van der Waals surface area contributed by atoms with Crippen molar-refractivity contribution in [1.29, 1.82) is 0 Å². The summed E-state index contributed by atoms with van der Waals surface area (Å²) in [5.41, 5.74) is 0. The van der Waals surface area contributed by atoms with Gasteiger partial charge >= 0.3 is 7.12 Å².